The molecule has 186 valence electrons. The number of guanidine groups is 1. The second kappa shape index (κ2) is 13.1. The van der Waals surface area contributed by atoms with Gasteiger partial charge in [-0.1, -0.05) is 47.5 Å². The van der Waals surface area contributed by atoms with Crippen molar-refractivity contribution in [3.8, 4) is 17.2 Å². The lowest BCUT2D eigenvalue weighted by atomic mass is 10.1. The highest BCUT2D eigenvalue weighted by Gasteiger charge is 2.17. The Kier molecular flexibility index (Phi) is 9.67. The maximum atomic E-state index is 13.0. The molecular weight excluding hydrogens is 505 g/mol. The lowest BCUT2D eigenvalue weighted by Gasteiger charge is -2.13. The summed E-state index contributed by atoms with van der Waals surface area (Å²) < 4.78 is 15.9. The standard InChI is InChI=1S/C25H23Cl2N5O4/c1-34-21-12-18(13-22(35-2)23(21)36-3)24(33)30-25(31-28-14-16-4-8-19(26)9-5-16)32-29-15-17-6-10-20(27)11-7-17/h4-15H,1-3H3,(H2,30,31,32,33)/b28-14+,29-15+. The molecule has 0 unspecified atom stereocenters. The molecule has 0 heterocycles. The predicted molar refractivity (Wildman–Crippen MR) is 142 cm³/mol. The quantitative estimate of drug-likeness (QED) is 0.248. The van der Waals surface area contributed by atoms with Crippen LogP contribution in [0.15, 0.2) is 75.9 Å². The Balaban J connectivity index is 1.86. The molecule has 0 aliphatic heterocycles. The fourth-order valence-electron chi connectivity index (χ4n) is 2.88. The molecule has 0 spiro atoms. The van der Waals surface area contributed by atoms with Crippen LogP contribution in [0.3, 0.4) is 0 Å². The Morgan fingerprint density at radius 2 is 1.19 bits per heavy atom. The van der Waals surface area contributed by atoms with E-state index in [1.54, 1.807) is 61.0 Å². The zero-order valence-corrected chi connectivity index (χ0v) is 21.2. The fraction of sp³-hybridized carbons (Fsp3) is 0.120. The number of carbonyl (C=O) groups excluding carboxylic acids is 1. The van der Waals surface area contributed by atoms with Crippen molar-refractivity contribution in [2.45, 2.75) is 0 Å². The van der Waals surface area contributed by atoms with E-state index in [9.17, 15) is 4.79 Å². The van der Waals surface area contributed by atoms with Crippen LogP contribution in [0.1, 0.15) is 21.5 Å². The molecule has 0 radical (unpaired) electrons. The number of benzene rings is 3. The Morgan fingerprint density at radius 3 is 1.58 bits per heavy atom. The van der Waals surface area contributed by atoms with Crippen LogP contribution >= 0.6 is 23.2 Å². The number of nitrogens with zero attached hydrogens (tertiary/aromatic N) is 3. The van der Waals surface area contributed by atoms with Crippen LogP contribution in [0.4, 0.5) is 0 Å². The molecule has 36 heavy (non-hydrogen) atoms. The van der Waals surface area contributed by atoms with E-state index < -0.39 is 5.91 Å². The molecule has 0 aliphatic rings. The molecule has 0 aliphatic carbocycles. The van der Waals surface area contributed by atoms with Gasteiger partial charge in [-0.15, -0.1) is 0 Å². The molecule has 0 fully saturated rings. The summed E-state index contributed by atoms with van der Waals surface area (Å²) in [5.41, 5.74) is 7.15. The Bertz CT molecular complexity index is 1190. The van der Waals surface area contributed by atoms with E-state index in [1.165, 1.54) is 33.5 Å². The number of carbonyl (C=O) groups is 1. The van der Waals surface area contributed by atoms with Crippen LogP contribution in [0.2, 0.25) is 10.0 Å². The minimum absolute atomic E-state index is 0.0239. The first-order chi connectivity index (χ1) is 17.4. The maximum Gasteiger partial charge on any atom is 0.280 e. The Labute approximate surface area is 218 Å². The third-order valence-electron chi connectivity index (χ3n) is 4.63. The van der Waals surface area contributed by atoms with Gasteiger partial charge in [0.25, 0.3) is 5.91 Å². The van der Waals surface area contributed by atoms with E-state index >= 15 is 0 Å². The molecular formula is C25H23Cl2N5O4. The number of methoxy groups -OCH3 is 3. The van der Waals surface area contributed by atoms with Gasteiger partial charge in [-0.05, 0) is 47.5 Å². The van der Waals surface area contributed by atoms with E-state index in [2.05, 4.69) is 26.0 Å². The van der Waals surface area contributed by atoms with Gasteiger partial charge in [-0.2, -0.15) is 15.2 Å². The van der Waals surface area contributed by atoms with E-state index in [0.717, 1.165) is 11.1 Å². The van der Waals surface area contributed by atoms with Crippen molar-refractivity contribution < 1.29 is 19.0 Å². The van der Waals surface area contributed by atoms with Gasteiger partial charge >= 0.3 is 0 Å². The largest absolute Gasteiger partial charge is 0.493 e. The summed E-state index contributed by atoms with van der Waals surface area (Å²) in [5, 5.41) is 9.47. The van der Waals surface area contributed by atoms with Crippen LogP contribution in [-0.2, 0) is 0 Å². The topological polar surface area (TPSA) is 106 Å². The molecule has 0 saturated heterocycles. The van der Waals surface area contributed by atoms with Gasteiger partial charge in [-0.3, -0.25) is 4.79 Å². The zero-order chi connectivity index (χ0) is 25.9. The highest BCUT2D eigenvalue weighted by molar-refractivity contribution is 6.30. The normalized spacial score (nSPS) is 10.8. The Hall–Kier alpha value is -4.08. The third-order valence-corrected chi connectivity index (χ3v) is 5.14. The summed E-state index contributed by atoms with van der Waals surface area (Å²) >= 11 is 11.8. The van der Waals surface area contributed by atoms with Crippen molar-refractivity contribution in [1.82, 2.24) is 10.9 Å². The molecule has 1 amide bonds. The second-order valence-electron chi connectivity index (χ2n) is 7.02. The van der Waals surface area contributed by atoms with Crippen LogP contribution in [0, 0.1) is 0 Å². The maximum absolute atomic E-state index is 13.0. The van der Waals surface area contributed by atoms with Gasteiger partial charge < -0.3 is 14.2 Å². The van der Waals surface area contributed by atoms with Gasteiger partial charge in [0, 0.05) is 15.6 Å². The van der Waals surface area contributed by atoms with Crippen LogP contribution in [0.25, 0.3) is 0 Å². The smallest absolute Gasteiger partial charge is 0.280 e. The summed E-state index contributed by atoms with van der Waals surface area (Å²) in [7, 11) is 4.39. The number of halogens is 2. The van der Waals surface area contributed by atoms with Crippen molar-refractivity contribution in [3.05, 3.63) is 87.4 Å². The van der Waals surface area contributed by atoms with E-state index in [0.29, 0.717) is 27.3 Å². The number of rotatable bonds is 8. The number of hydrogen-bond donors (Lipinski definition) is 2. The van der Waals surface area contributed by atoms with Crippen LogP contribution < -0.4 is 25.1 Å². The van der Waals surface area contributed by atoms with Gasteiger partial charge in [0.2, 0.25) is 11.7 Å². The first-order valence-electron chi connectivity index (χ1n) is 10.5. The summed E-state index contributed by atoms with van der Waals surface area (Å²) in [4.78, 5) is 17.1. The number of ether oxygens (including phenoxy) is 3. The zero-order valence-electron chi connectivity index (χ0n) is 19.7. The molecule has 0 aromatic heterocycles. The molecule has 0 bridgehead atoms. The number of nitrogens with one attached hydrogen (secondary N) is 2. The van der Waals surface area contributed by atoms with Gasteiger partial charge in [0.15, 0.2) is 11.5 Å². The van der Waals surface area contributed by atoms with E-state index in [-0.39, 0.29) is 11.5 Å². The average molecular weight is 528 g/mol. The van der Waals surface area contributed by atoms with Crippen molar-refractivity contribution in [2.24, 2.45) is 15.2 Å². The number of amides is 1. The van der Waals surface area contributed by atoms with Gasteiger partial charge in [0.05, 0.1) is 33.8 Å². The predicted octanol–water partition coefficient (Wildman–Crippen LogP) is 4.76. The number of hydrazone groups is 2. The lowest BCUT2D eigenvalue weighted by molar-refractivity contribution is 0.100. The monoisotopic (exact) mass is 527 g/mol. The molecule has 0 atom stereocenters. The molecule has 3 aromatic carbocycles. The fourth-order valence-corrected chi connectivity index (χ4v) is 3.13. The summed E-state index contributed by atoms with van der Waals surface area (Å²) in [6, 6.07) is 17.1. The van der Waals surface area contributed by atoms with E-state index in [4.69, 9.17) is 37.4 Å². The SMILES string of the molecule is COc1cc(C(=O)N=C(N/N=C/c2ccc(Cl)cc2)N/N=C/c2ccc(Cl)cc2)cc(OC)c1OC. The van der Waals surface area contributed by atoms with Crippen molar-refractivity contribution >= 4 is 47.5 Å². The highest BCUT2D eigenvalue weighted by Crippen LogP contribution is 2.38. The van der Waals surface area contributed by atoms with Crippen molar-refractivity contribution in [1.29, 1.82) is 0 Å². The van der Waals surface area contributed by atoms with Crippen LogP contribution in [-0.4, -0.2) is 45.6 Å². The minimum atomic E-state index is -0.604. The molecule has 3 rings (SSSR count). The Morgan fingerprint density at radius 1 is 0.750 bits per heavy atom. The van der Waals surface area contributed by atoms with Crippen molar-refractivity contribution in [3.63, 3.8) is 0 Å². The third kappa shape index (κ3) is 7.46. The first kappa shape index (κ1) is 26.5. The molecule has 9 nitrogen and oxygen atoms in total. The average Bonchev–Trinajstić information content (AvgIpc) is 2.89. The van der Waals surface area contributed by atoms with Crippen LogP contribution in [0.5, 0.6) is 17.2 Å². The molecule has 2 N–H and O–H groups in total. The van der Waals surface area contributed by atoms with Gasteiger partial charge in [-0.25, -0.2) is 10.9 Å². The van der Waals surface area contributed by atoms with E-state index in [1.807, 2.05) is 0 Å². The number of aliphatic imine (C=N–C) groups is 1. The molecule has 0 saturated carbocycles. The summed E-state index contributed by atoms with van der Waals surface area (Å²) in [6.07, 6.45) is 3.08. The number of hydrogen-bond acceptors (Lipinski definition) is 6. The lowest BCUT2D eigenvalue weighted by Crippen LogP contribution is -2.32. The highest BCUT2D eigenvalue weighted by atomic mass is 35.5. The summed E-state index contributed by atoms with van der Waals surface area (Å²) in [5.74, 6) is 0.368. The van der Waals surface area contributed by atoms with Gasteiger partial charge in [0.1, 0.15) is 0 Å². The first-order valence-corrected chi connectivity index (χ1v) is 11.2. The molecule has 3 aromatic rings. The second-order valence-corrected chi connectivity index (χ2v) is 7.90. The van der Waals surface area contributed by atoms with Crippen molar-refractivity contribution in [2.75, 3.05) is 21.3 Å². The molecule has 11 heteroatoms. The summed E-state index contributed by atoms with van der Waals surface area (Å²) in [6.45, 7) is 0. The minimum Gasteiger partial charge on any atom is -0.493 e.